The van der Waals surface area contributed by atoms with Gasteiger partial charge in [-0.25, -0.2) is 17.5 Å². The van der Waals surface area contributed by atoms with Gasteiger partial charge in [0.05, 0.1) is 12.3 Å². The van der Waals surface area contributed by atoms with E-state index in [0.717, 1.165) is 28.7 Å². The van der Waals surface area contributed by atoms with Crippen molar-refractivity contribution in [2.75, 3.05) is 19.6 Å². The van der Waals surface area contributed by atoms with Crippen LogP contribution in [0.3, 0.4) is 0 Å². The van der Waals surface area contributed by atoms with E-state index in [1.54, 1.807) is 9.21 Å². The van der Waals surface area contributed by atoms with Crippen molar-refractivity contribution in [1.29, 1.82) is 0 Å². The molecule has 2 aliphatic heterocycles. The zero-order valence-electron chi connectivity index (χ0n) is 23.1. The van der Waals surface area contributed by atoms with Gasteiger partial charge in [-0.2, -0.15) is 0 Å². The quantitative estimate of drug-likeness (QED) is 0.330. The van der Waals surface area contributed by atoms with Crippen molar-refractivity contribution in [3.63, 3.8) is 0 Å². The number of hydrogen-bond donors (Lipinski definition) is 0. The maximum absolute atomic E-state index is 13.2. The number of amides is 1. The molecule has 0 radical (unpaired) electrons. The molecule has 3 aromatic carbocycles. The molecule has 2 fully saturated rings. The first-order valence-corrected chi connectivity index (χ1v) is 15.4. The van der Waals surface area contributed by atoms with Crippen LogP contribution < -0.4 is 0 Å². The third-order valence-corrected chi connectivity index (χ3v) is 10.3. The molecule has 0 saturated carbocycles. The number of hydrogen-bond acceptors (Lipinski definition) is 4. The van der Waals surface area contributed by atoms with Crippen LogP contribution in [0.5, 0.6) is 0 Å². The van der Waals surface area contributed by atoms with Gasteiger partial charge in [0.1, 0.15) is 5.60 Å². The number of carbonyl (C=O) groups is 1. The van der Waals surface area contributed by atoms with Crippen molar-refractivity contribution in [1.82, 2.24) is 9.21 Å². The second-order valence-corrected chi connectivity index (χ2v) is 13.5. The van der Waals surface area contributed by atoms with Gasteiger partial charge in [-0.15, -0.1) is 0 Å². The number of carbonyl (C=O) groups excluding carboxylic acids is 1. The van der Waals surface area contributed by atoms with Gasteiger partial charge < -0.3 is 4.74 Å². The van der Waals surface area contributed by atoms with Crippen LogP contribution in [0.4, 0.5) is 4.79 Å². The zero-order chi connectivity index (χ0) is 27.7. The first kappa shape index (κ1) is 27.4. The average molecular weight is 547 g/mol. The summed E-state index contributed by atoms with van der Waals surface area (Å²) in [6, 6.07) is 26.2. The molecule has 1 amide bonds. The van der Waals surface area contributed by atoms with Gasteiger partial charge in [-0.3, -0.25) is 4.90 Å². The largest absolute Gasteiger partial charge is 0.441 e. The highest BCUT2D eigenvalue weighted by atomic mass is 32.2. The molecule has 2 heterocycles. The van der Waals surface area contributed by atoms with Crippen molar-refractivity contribution in [3.05, 3.63) is 95.6 Å². The van der Waals surface area contributed by atoms with Crippen LogP contribution in [0.25, 0.3) is 11.1 Å². The van der Waals surface area contributed by atoms with Gasteiger partial charge >= 0.3 is 6.09 Å². The maximum atomic E-state index is 13.2. The van der Waals surface area contributed by atoms with Crippen molar-refractivity contribution < 1.29 is 17.9 Å². The Morgan fingerprint density at radius 1 is 0.897 bits per heavy atom. The summed E-state index contributed by atoms with van der Waals surface area (Å²) in [5.41, 5.74) is 4.70. The Labute approximate surface area is 232 Å². The lowest BCUT2D eigenvalue weighted by molar-refractivity contribution is 0.0172. The molecule has 0 atom stereocenters. The third kappa shape index (κ3) is 5.89. The summed E-state index contributed by atoms with van der Waals surface area (Å²) in [5, 5.41) is 0. The van der Waals surface area contributed by atoms with Gasteiger partial charge in [0.15, 0.2) is 0 Å². The molecule has 0 aromatic heterocycles. The second kappa shape index (κ2) is 10.8. The summed E-state index contributed by atoms with van der Waals surface area (Å²) >= 11 is 0. The fourth-order valence-corrected chi connectivity index (χ4v) is 7.10. The van der Waals surface area contributed by atoms with Crippen LogP contribution in [-0.4, -0.2) is 49.0 Å². The zero-order valence-corrected chi connectivity index (χ0v) is 23.9. The summed E-state index contributed by atoms with van der Waals surface area (Å²) in [4.78, 5) is 14.7. The Morgan fingerprint density at radius 2 is 1.54 bits per heavy atom. The fraction of sp³-hybridized carbons (Fsp3) is 0.406. The van der Waals surface area contributed by atoms with Crippen LogP contribution in [0.2, 0.25) is 0 Å². The average Bonchev–Trinajstić information content (AvgIpc) is 3.23. The molecule has 2 aliphatic rings. The number of rotatable bonds is 8. The lowest BCUT2D eigenvalue weighted by Gasteiger charge is -2.36. The highest BCUT2D eigenvalue weighted by Gasteiger charge is 2.48. The Balaban J connectivity index is 1.22. The van der Waals surface area contributed by atoms with E-state index in [0.29, 0.717) is 39.0 Å². The van der Waals surface area contributed by atoms with Gasteiger partial charge in [0.25, 0.3) is 0 Å². The Hall–Kier alpha value is -3.16. The summed E-state index contributed by atoms with van der Waals surface area (Å²) in [6.07, 6.45) is 1.68. The standard InChI is InChI=1S/C32H38N2O4S/c1-4-31(2,3)28-16-14-25(15-17-28)23-39(36,37)34-20-18-32(19-21-34)24-33(30(35)38-32)22-27-12-8-9-13-29(27)26-10-6-5-7-11-26/h5-17H,4,18-24H2,1-3H3. The molecular weight excluding hydrogens is 508 g/mol. The molecule has 0 aliphatic carbocycles. The molecule has 5 rings (SSSR count). The van der Waals surface area contributed by atoms with Gasteiger partial charge in [-0.05, 0) is 39.7 Å². The molecule has 0 bridgehead atoms. The Bertz CT molecular complexity index is 1410. The minimum absolute atomic E-state index is 0.0188. The van der Waals surface area contributed by atoms with E-state index >= 15 is 0 Å². The summed E-state index contributed by atoms with van der Waals surface area (Å²) in [5.74, 6) is -0.0188. The SMILES string of the molecule is CCC(C)(C)c1ccc(CS(=O)(=O)N2CCC3(CC2)CN(Cc2ccccc2-c2ccccc2)C(=O)O3)cc1. The van der Waals surface area contributed by atoms with Crippen molar-refractivity contribution in [3.8, 4) is 11.1 Å². The molecule has 7 heteroatoms. The topological polar surface area (TPSA) is 66.9 Å². The highest BCUT2D eigenvalue weighted by Crippen LogP contribution is 2.36. The van der Waals surface area contributed by atoms with Gasteiger partial charge in [-0.1, -0.05) is 99.6 Å². The van der Waals surface area contributed by atoms with Crippen LogP contribution in [-0.2, 0) is 32.5 Å². The Morgan fingerprint density at radius 3 is 2.21 bits per heavy atom. The number of benzene rings is 3. The van der Waals surface area contributed by atoms with Crippen LogP contribution in [0.1, 0.15) is 56.7 Å². The predicted octanol–water partition coefficient (Wildman–Crippen LogP) is 6.36. The highest BCUT2D eigenvalue weighted by molar-refractivity contribution is 7.88. The van der Waals surface area contributed by atoms with Crippen molar-refractivity contribution in [2.24, 2.45) is 0 Å². The van der Waals surface area contributed by atoms with Crippen molar-refractivity contribution in [2.45, 2.75) is 63.3 Å². The fourth-order valence-electron chi connectivity index (χ4n) is 5.57. The lowest BCUT2D eigenvalue weighted by atomic mass is 9.82. The molecule has 2 saturated heterocycles. The minimum atomic E-state index is -3.47. The van der Waals surface area contributed by atoms with E-state index < -0.39 is 15.6 Å². The normalized spacial score (nSPS) is 17.9. The molecule has 6 nitrogen and oxygen atoms in total. The van der Waals surface area contributed by atoms with Crippen molar-refractivity contribution >= 4 is 16.1 Å². The molecule has 1 spiro atoms. The first-order valence-electron chi connectivity index (χ1n) is 13.8. The number of ether oxygens (including phenoxy) is 1. The van der Waals surface area contributed by atoms with E-state index in [2.05, 4.69) is 39.0 Å². The molecule has 0 unspecified atom stereocenters. The summed E-state index contributed by atoms with van der Waals surface area (Å²) < 4.78 is 34.0. The van der Waals surface area contributed by atoms with E-state index in [1.165, 1.54) is 5.56 Å². The molecule has 0 N–H and O–H groups in total. The van der Waals surface area contributed by atoms with Crippen LogP contribution in [0.15, 0.2) is 78.9 Å². The third-order valence-electron chi connectivity index (χ3n) is 8.50. The van der Waals surface area contributed by atoms with E-state index in [1.807, 2.05) is 60.7 Å². The first-order chi connectivity index (χ1) is 18.6. The smallest absolute Gasteiger partial charge is 0.410 e. The molecule has 3 aromatic rings. The van der Waals surface area contributed by atoms with Crippen LogP contribution >= 0.6 is 0 Å². The lowest BCUT2D eigenvalue weighted by Crippen LogP contribution is -2.48. The number of nitrogens with zero attached hydrogens (tertiary/aromatic N) is 2. The van der Waals surface area contributed by atoms with Gasteiger partial charge in [0, 0.05) is 32.5 Å². The van der Waals surface area contributed by atoms with E-state index in [9.17, 15) is 13.2 Å². The number of sulfonamides is 1. The molecule has 39 heavy (non-hydrogen) atoms. The van der Waals surface area contributed by atoms with E-state index in [-0.39, 0.29) is 17.3 Å². The number of piperidine rings is 1. The molecule has 206 valence electrons. The summed E-state index contributed by atoms with van der Waals surface area (Å²) in [6.45, 7) is 8.18. The predicted molar refractivity (Wildman–Crippen MR) is 155 cm³/mol. The Kier molecular flexibility index (Phi) is 7.57. The monoisotopic (exact) mass is 546 g/mol. The molecular formula is C32H38N2O4S. The minimum Gasteiger partial charge on any atom is -0.441 e. The second-order valence-electron chi connectivity index (χ2n) is 11.5. The summed E-state index contributed by atoms with van der Waals surface area (Å²) in [7, 11) is -3.47. The van der Waals surface area contributed by atoms with Gasteiger partial charge in [0.2, 0.25) is 10.0 Å². The maximum Gasteiger partial charge on any atom is 0.410 e. The van der Waals surface area contributed by atoms with E-state index in [4.69, 9.17) is 4.74 Å². The van der Waals surface area contributed by atoms with Crippen LogP contribution in [0, 0.1) is 0 Å².